The highest BCUT2D eigenvalue weighted by Gasteiger charge is 2.61. The smallest absolute Gasteiger partial charge is 0.0540 e. The van der Waals surface area contributed by atoms with Gasteiger partial charge in [-0.25, -0.2) is 0 Å². The molecule has 8 aromatic rings. The summed E-state index contributed by atoms with van der Waals surface area (Å²) in [5, 5.41) is 2.48. The minimum atomic E-state index is 0.177. The number of nitrogens with zero attached hydrogens (tertiary/aromatic N) is 1. The summed E-state index contributed by atoms with van der Waals surface area (Å²) in [6, 6.07) is 70.2. The van der Waals surface area contributed by atoms with Crippen LogP contribution in [0.4, 0.5) is 17.1 Å². The largest absolute Gasteiger partial charge is 0.310 e. The number of anilines is 3. The number of hydrogen-bond donors (Lipinski definition) is 0. The van der Waals surface area contributed by atoms with E-state index < -0.39 is 0 Å². The first kappa shape index (κ1) is 33.0. The highest BCUT2D eigenvalue weighted by atomic mass is 15.1. The Kier molecular flexibility index (Phi) is 7.49. The van der Waals surface area contributed by atoms with Gasteiger partial charge in [-0.15, -0.1) is 0 Å². The molecule has 4 fully saturated rings. The normalized spacial score (nSPS) is 22.5. The molecule has 4 saturated carbocycles. The van der Waals surface area contributed by atoms with Crippen molar-refractivity contribution in [3.8, 4) is 44.5 Å². The third kappa shape index (κ3) is 5.08. The average molecular weight is 732 g/mol. The Hall–Kier alpha value is -6.18. The Morgan fingerprint density at radius 1 is 0.368 bits per heavy atom. The molecular formula is C56H45N. The van der Waals surface area contributed by atoms with Gasteiger partial charge in [0.25, 0.3) is 0 Å². The van der Waals surface area contributed by atoms with E-state index in [1.807, 2.05) is 0 Å². The number of hydrogen-bond acceptors (Lipinski definition) is 1. The predicted molar refractivity (Wildman–Crippen MR) is 238 cm³/mol. The average Bonchev–Trinajstić information content (AvgIpc) is 3.57. The monoisotopic (exact) mass is 731 g/mol. The molecule has 57 heavy (non-hydrogen) atoms. The molecule has 1 nitrogen and oxygen atoms in total. The molecule has 0 aromatic heterocycles. The van der Waals surface area contributed by atoms with Crippen LogP contribution in [0.1, 0.15) is 43.2 Å². The molecule has 0 heterocycles. The fourth-order valence-electron chi connectivity index (χ4n) is 12.4. The lowest BCUT2D eigenvalue weighted by atomic mass is 9.43. The van der Waals surface area contributed by atoms with Crippen molar-refractivity contribution in [1.29, 1.82) is 0 Å². The maximum atomic E-state index is 2.51. The quantitative estimate of drug-likeness (QED) is 0.165. The van der Waals surface area contributed by atoms with Gasteiger partial charge in [0, 0.05) is 22.2 Å². The minimum absolute atomic E-state index is 0.177. The molecule has 0 amide bonds. The van der Waals surface area contributed by atoms with Gasteiger partial charge in [0.05, 0.1) is 5.69 Å². The van der Waals surface area contributed by atoms with Crippen molar-refractivity contribution in [2.75, 3.05) is 4.90 Å². The lowest BCUT2D eigenvalue weighted by Crippen LogP contribution is -2.55. The van der Waals surface area contributed by atoms with Crippen molar-refractivity contribution in [2.45, 2.75) is 37.5 Å². The molecule has 5 aliphatic carbocycles. The van der Waals surface area contributed by atoms with Gasteiger partial charge in [-0.1, -0.05) is 158 Å². The standard InChI is InChI=1S/C56H45N/c1-2-10-39(11-3-1)40-20-22-41(23-21-40)42-24-28-47(29-25-42)57(54-19-8-13-43-12-4-5-14-49(43)54)48-30-26-44(27-31-48)50-16-9-18-53-55(50)51-15-6-7-17-52(51)56(53)45-33-37-32-38(35-45)36-46(56)34-37/h1-31,37-38,45-46H,32-36H2. The number of benzene rings is 8. The van der Waals surface area contributed by atoms with Gasteiger partial charge in [-0.3, -0.25) is 0 Å². The number of fused-ring (bicyclic) bond motifs is 4. The van der Waals surface area contributed by atoms with Crippen LogP contribution < -0.4 is 4.90 Å². The summed E-state index contributed by atoms with van der Waals surface area (Å²) in [6.45, 7) is 0. The van der Waals surface area contributed by atoms with Crippen LogP contribution in [0.25, 0.3) is 55.3 Å². The summed E-state index contributed by atoms with van der Waals surface area (Å²) in [4.78, 5) is 2.43. The lowest BCUT2D eigenvalue weighted by molar-refractivity contribution is -0.0399. The molecule has 5 aliphatic rings. The zero-order valence-electron chi connectivity index (χ0n) is 32.2. The molecule has 0 saturated heterocycles. The molecule has 1 spiro atoms. The summed E-state index contributed by atoms with van der Waals surface area (Å²) in [5.74, 6) is 3.42. The minimum Gasteiger partial charge on any atom is -0.310 e. The molecule has 0 aliphatic heterocycles. The maximum Gasteiger partial charge on any atom is 0.0540 e. The summed E-state index contributed by atoms with van der Waals surface area (Å²) < 4.78 is 0. The molecule has 0 N–H and O–H groups in total. The van der Waals surface area contributed by atoms with E-state index in [0.717, 1.165) is 35.0 Å². The van der Waals surface area contributed by atoms with Crippen LogP contribution >= 0.6 is 0 Å². The van der Waals surface area contributed by atoms with Crippen LogP contribution in [0.5, 0.6) is 0 Å². The van der Waals surface area contributed by atoms with Gasteiger partial charge >= 0.3 is 0 Å². The Morgan fingerprint density at radius 3 is 1.54 bits per heavy atom. The van der Waals surface area contributed by atoms with Crippen LogP contribution in [0, 0.1) is 23.7 Å². The van der Waals surface area contributed by atoms with Gasteiger partial charge in [-0.2, -0.15) is 0 Å². The van der Waals surface area contributed by atoms with E-state index in [-0.39, 0.29) is 5.41 Å². The van der Waals surface area contributed by atoms with E-state index in [1.165, 1.54) is 93.1 Å². The van der Waals surface area contributed by atoms with Crippen molar-refractivity contribution in [3.05, 3.63) is 199 Å². The first-order chi connectivity index (χ1) is 28.2. The molecule has 0 unspecified atom stereocenters. The maximum absolute atomic E-state index is 2.51. The zero-order valence-corrected chi connectivity index (χ0v) is 32.2. The third-order valence-corrected chi connectivity index (χ3v) is 14.5. The second kappa shape index (κ2) is 12.9. The Morgan fingerprint density at radius 2 is 0.860 bits per heavy atom. The Balaban J connectivity index is 0.938. The molecular weight excluding hydrogens is 687 g/mol. The molecule has 1 heteroatoms. The van der Waals surface area contributed by atoms with Crippen molar-refractivity contribution in [3.63, 3.8) is 0 Å². The fraction of sp³-hybridized carbons (Fsp3) is 0.179. The SMILES string of the molecule is c1ccc(-c2ccc(-c3ccc(N(c4ccc(-c5cccc6c5-c5ccccc5C65C6CC7CC(C6)CC5C7)cc4)c4cccc5ccccc45)cc3)cc2)cc1. The zero-order chi connectivity index (χ0) is 37.5. The second-order valence-electron chi connectivity index (χ2n) is 17.3. The van der Waals surface area contributed by atoms with E-state index in [1.54, 1.807) is 11.1 Å². The van der Waals surface area contributed by atoms with Gasteiger partial charge in [-0.05, 0) is 147 Å². The predicted octanol–water partition coefficient (Wildman–Crippen LogP) is 15.0. The lowest BCUT2D eigenvalue weighted by Gasteiger charge is -2.61. The first-order valence-electron chi connectivity index (χ1n) is 21.1. The molecule has 13 rings (SSSR count). The van der Waals surface area contributed by atoms with E-state index >= 15 is 0 Å². The van der Waals surface area contributed by atoms with Crippen LogP contribution in [-0.2, 0) is 5.41 Å². The summed E-state index contributed by atoms with van der Waals surface area (Å²) in [6.07, 6.45) is 7.11. The van der Waals surface area contributed by atoms with Crippen molar-refractivity contribution in [1.82, 2.24) is 0 Å². The molecule has 0 atom stereocenters. The summed E-state index contributed by atoms with van der Waals surface area (Å²) >= 11 is 0. The van der Waals surface area contributed by atoms with Crippen LogP contribution in [0.15, 0.2) is 188 Å². The Labute approximate surface area is 336 Å². The van der Waals surface area contributed by atoms with E-state index in [0.29, 0.717) is 0 Å². The van der Waals surface area contributed by atoms with E-state index in [2.05, 4.69) is 193 Å². The van der Waals surface area contributed by atoms with Crippen molar-refractivity contribution >= 4 is 27.8 Å². The van der Waals surface area contributed by atoms with E-state index in [4.69, 9.17) is 0 Å². The molecule has 4 bridgehead atoms. The first-order valence-corrected chi connectivity index (χ1v) is 21.1. The van der Waals surface area contributed by atoms with Gasteiger partial charge in [0.2, 0.25) is 0 Å². The van der Waals surface area contributed by atoms with Gasteiger partial charge in [0.1, 0.15) is 0 Å². The third-order valence-electron chi connectivity index (χ3n) is 14.5. The van der Waals surface area contributed by atoms with Crippen molar-refractivity contribution < 1.29 is 0 Å². The summed E-state index contributed by atoms with van der Waals surface area (Å²) in [5.41, 5.74) is 17.4. The van der Waals surface area contributed by atoms with E-state index in [9.17, 15) is 0 Å². The molecule has 8 aromatic carbocycles. The fourth-order valence-corrected chi connectivity index (χ4v) is 12.4. The summed E-state index contributed by atoms with van der Waals surface area (Å²) in [7, 11) is 0. The molecule has 0 radical (unpaired) electrons. The van der Waals surface area contributed by atoms with Crippen LogP contribution in [0.3, 0.4) is 0 Å². The van der Waals surface area contributed by atoms with Crippen LogP contribution in [-0.4, -0.2) is 0 Å². The highest BCUT2D eigenvalue weighted by molar-refractivity contribution is 5.99. The van der Waals surface area contributed by atoms with Crippen LogP contribution in [0.2, 0.25) is 0 Å². The second-order valence-corrected chi connectivity index (χ2v) is 17.3. The van der Waals surface area contributed by atoms with Gasteiger partial charge < -0.3 is 4.90 Å². The van der Waals surface area contributed by atoms with Gasteiger partial charge in [0.15, 0.2) is 0 Å². The topological polar surface area (TPSA) is 3.24 Å². The highest BCUT2D eigenvalue weighted by Crippen LogP contribution is 2.70. The molecule has 274 valence electrons. The number of rotatable bonds is 6. The van der Waals surface area contributed by atoms with Crippen molar-refractivity contribution in [2.24, 2.45) is 23.7 Å². The Bertz CT molecular complexity index is 2740.